The fraction of sp³-hybridized carbons (Fsp3) is 0.769. The molecule has 0 heterocycles. The minimum absolute atomic E-state index is 0.249. The molecule has 5 heteroatoms. The molecule has 1 aromatic carbocycles. The molecule has 1 aromatic rings. The van der Waals surface area contributed by atoms with E-state index in [1.165, 1.54) is 77.0 Å². The predicted octanol–water partition coefficient (Wildman–Crippen LogP) is 7.36. The molecule has 1 rings (SSSR count). The Bertz CT molecular complexity index is 609. The number of aryl methyl sites for hydroxylation is 1. The highest BCUT2D eigenvalue weighted by Gasteiger charge is 2.14. The molecule has 182 valence electrons. The third-order valence-electron chi connectivity index (χ3n) is 5.05. The molecule has 31 heavy (non-hydrogen) atoms. The van der Waals surface area contributed by atoms with E-state index in [1.807, 2.05) is 33.0 Å². The molecule has 0 atom stereocenters. The molecule has 0 saturated carbocycles. The van der Waals surface area contributed by atoms with Crippen LogP contribution in [-0.2, 0) is 14.3 Å². The zero-order valence-electron chi connectivity index (χ0n) is 21.0. The van der Waals surface area contributed by atoms with E-state index in [2.05, 4.69) is 6.92 Å². The van der Waals surface area contributed by atoms with E-state index < -0.39 is 10.1 Å². The largest absolute Gasteiger partial charge is 0.312 e. The molecule has 0 fully saturated rings. The maximum atomic E-state index is 12.1. The summed E-state index contributed by atoms with van der Waals surface area (Å²) in [7, 11) is 2.41. The first-order chi connectivity index (χ1) is 14.8. The molecule has 0 aliphatic carbocycles. The number of rotatable bonds is 17. The van der Waals surface area contributed by atoms with Crippen LogP contribution in [-0.4, -0.2) is 41.1 Å². The molecule has 0 aromatic heterocycles. The summed E-state index contributed by atoms with van der Waals surface area (Å²) in [6.45, 7) is 4.49. The van der Waals surface area contributed by atoms with Crippen LogP contribution in [0.25, 0.3) is 0 Å². The number of hydrogen-bond acceptors (Lipinski definition) is 4. The first kappa shape index (κ1) is 30.1. The van der Waals surface area contributed by atoms with Gasteiger partial charge in [-0.15, -0.1) is 0 Å². The highest BCUT2D eigenvalue weighted by molar-refractivity contribution is 7.86. The standard InChI is InChI=1S/C23H40O3S.C3H9N/c1-3-4-5-6-7-8-9-10-11-12-13-14-15-16-21-26-27(24,25)23-19-17-22(2)18-20-23;1-4(2)3/h17-20H,3-16,21H2,1-2H3;1-3H3. The number of nitrogens with zero attached hydrogens (tertiary/aromatic N) is 1. The van der Waals surface area contributed by atoms with Gasteiger partial charge >= 0.3 is 0 Å². The summed E-state index contributed by atoms with van der Waals surface area (Å²) in [6.07, 6.45) is 18.0. The molecule has 0 bridgehead atoms. The topological polar surface area (TPSA) is 46.6 Å². The normalized spacial score (nSPS) is 11.4. The molecule has 0 aliphatic rings. The zero-order valence-corrected chi connectivity index (χ0v) is 21.8. The van der Waals surface area contributed by atoms with Crippen LogP contribution in [0.2, 0.25) is 0 Å². The van der Waals surface area contributed by atoms with Crippen molar-refractivity contribution in [2.45, 2.75) is 109 Å². The average Bonchev–Trinajstić information content (AvgIpc) is 2.71. The first-order valence-corrected chi connectivity index (χ1v) is 13.8. The van der Waals surface area contributed by atoms with Crippen LogP contribution >= 0.6 is 0 Å². The molecule has 0 N–H and O–H groups in total. The van der Waals surface area contributed by atoms with E-state index in [0.717, 1.165) is 18.4 Å². The van der Waals surface area contributed by atoms with Gasteiger partial charge in [0.1, 0.15) is 0 Å². The van der Waals surface area contributed by atoms with Gasteiger partial charge in [-0.05, 0) is 46.6 Å². The predicted molar refractivity (Wildman–Crippen MR) is 134 cm³/mol. The monoisotopic (exact) mass is 455 g/mol. The van der Waals surface area contributed by atoms with Gasteiger partial charge in [-0.25, -0.2) is 0 Å². The molecule has 0 unspecified atom stereocenters. The lowest BCUT2D eigenvalue weighted by atomic mass is 10.0. The molecule has 0 spiro atoms. The van der Waals surface area contributed by atoms with Crippen LogP contribution in [0.3, 0.4) is 0 Å². The smallest absolute Gasteiger partial charge is 0.296 e. The third-order valence-corrected chi connectivity index (χ3v) is 6.37. The van der Waals surface area contributed by atoms with E-state index in [4.69, 9.17) is 4.18 Å². The maximum absolute atomic E-state index is 12.1. The Balaban J connectivity index is 0.00000206. The third kappa shape index (κ3) is 19.5. The van der Waals surface area contributed by atoms with Gasteiger partial charge in [-0.2, -0.15) is 8.42 Å². The van der Waals surface area contributed by atoms with Gasteiger partial charge in [0.2, 0.25) is 0 Å². The van der Waals surface area contributed by atoms with Crippen LogP contribution in [0, 0.1) is 6.92 Å². The van der Waals surface area contributed by atoms with Gasteiger partial charge in [0.05, 0.1) is 11.5 Å². The highest BCUT2D eigenvalue weighted by atomic mass is 32.2. The Morgan fingerprint density at radius 2 is 1.03 bits per heavy atom. The van der Waals surface area contributed by atoms with Crippen molar-refractivity contribution < 1.29 is 12.6 Å². The van der Waals surface area contributed by atoms with Crippen LogP contribution in [0.5, 0.6) is 0 Å². The van der Waals surface area contributed by atoms with Crippen molar-refractivity contribution in [3.8, 4) is 0 Å². The molecule has 0 radical (unpaired) electrons. The highest BCUT2D eigenvalue weighted by Crippen LogP contribution is 2.15. The maximum Gasteiger partial charge on any atom is 0.296 e. The molecule has 0 amide bonds. The number of unbranched alkanes of at least 4 members (excludes halogenated alkanes) is 13. The minimum Gasteiger partial charge on any atom is -0.312 e. The average molecular weight is 456 g/mol. The zero-order chi connectivity index (χ0) is 23.4. The van der Waals surface area contributed by atoms with Crippen LogP contribution < -0.4 is 0 Å². The van der Waals surface area contributed by atoms with E-state index >= 15 is 0 Å². The second kappa shape index (κ2) is 19.8. The van der Waals surface area contributed by atoms with Crippen molar-refractivity contribution in [1.29, 1.82) is 0 Å². The fourth-order valence-electron chi connectivity index (χ4n) is 3.24. The van der Waals surface area contributed by atoms with E-state index in [0.29, 0.717) is 0 Å². The van der Waals surface area contributed by atoms with E-state index in [-0.39, 0.29) is 11.5 Å². The summed E-state index contributed by atoms with van der Waals surface area (Å²) in [6, 6.07) is 6.80. The van der Waals surface area contributed by atoms with Crippen molar-refractivity contribution in [3.63, 3.8) is 0 Å². The van der Waals surface area contributed by atoms with Gasteiger partial charge in [0, 0.05) is 0 Å². The first-order valence-electron chi connectivity index (χ1n) is 12.4. The Morgan fingerprint density at radius 1 is 0.677 bits per heavy atom. The summed E-state index contributed by atoms with van der Waals surface area (Å²) in [5.41, 5.74) is 1.04. The molecule has 0 aliphatic heterocycles. The Labute approximate surface area is 193 Å². The molecular formula is C26H49NO3S. The molecule has 4 nitrogen and oxygen atoms in total. The number of benzene rings is 1. The summed E-state index contributed by atoms with van der Waals surface area (Å²) < 4.78 is 29.2. The van der Waals surface area contributed by atoms with Crippen LogP contribution in [0.1, 0.15) is 102 Å². The van der Waals surface area contributed by atoms with Gasteiger partial charge in [0.15, 0.2) is 0 Å². The van der Waals surface area contributed by atoms with Gasteiger partial charge in [-0.1, -0.05) is 108 Å². The second-order valence-electron chi connectivity index (χ2n) is 9.03. The van der Waals surface area contributed by atoms with Gasteiger partial charge in [0.25, 0.3) is 10.1 Å². The fourth-order valence-corrected chi connectivity index (χ4v) is 4.18. The summed E-state index contributed by atoms with van der Waals surface area (Å²) in [4.78, 5) is 2.25. The molecule has 0 saturated heterocycles. The SMILES string of the molecule is CCCCCCCCCCCCCCCCOS(=O)(=O)c1ccc(C)cc1.CN(C)C. The Morgan fingerprint density at radius 3 is 1.42 bits per heavy atom. The Hall–Kier alpha value is -0.910. The minimum atomic E-state index is -3.59. The summed E-state index contributed by atoms with van der Waals surface area (Å²) >= 11 is 0. The van der Waals surface area contributed by atoms with Crippen molar-refractivity contribution in [2.75, 3.05) is 27.7 Å². The van der Waals surface area contributed by atoms with E-state index in [9.17, 15) is 8.42 Å². The number of hydrogen-bond donors (Lipinski definition) is 0. The van der Waals surface area contributed by atoms with Crippen molar-refractivity contribution in [1.82, 2.24) is 4.90 Å². The summed E-state index contributed by atoms with van der Waals surface area (Å²) in [5, 5.41) is 0. The van der Waals surface area contributed by atoms with E-state index in [1.54, 1.807) is 24.3 Å². The quantitative estimate of drug-likeness (QED) is 0.182. The van der Waals surface area contributed by atoms with Crippen molar-refractivity contribution in [2.24, 2.45) is 0 Å². The van der Waals surface area contributed by atoms with Gasteiger partial charge in [-0.3, -0.25) is 4.18 Å². The van der Waals surface area contributed by atoms with Crippen LogP contribution in [0.4, 0.5) is 0 Å². The lowest BCUT2D eigenvalue weighted by Crippen LogP contribution is -2.07. The van der Waals surface area contributed by atoms with Crippen molar-refractivity contribution >= 4 is 10.1 Å². The van der Waals surface area contributed by atoms with Crippen molar-refractivity contribution in [3.05, 3.63) is 29.8 Å². The second-order valence-corrected chi connectivity index (χ2v) is 10.6. The lowest BCUT2D eigenvalue weighted by Gasteiger charge is -2.06. The summed E-state index contributed by atoms with van der Waals surface area (Å²) in [5.74, 6) is 0. The molecular weight excluding hydrogens is 406 g/mol. The van der Waals surface area contributed by atoms with Gasteiger partial charge < -0.3 is 4.90 Å². The lowest BCUT2D eigenvalue weighted by molar-refractivity contribution is 0.306. The Kier molecular flexibility index (Phi) is 19.2. The van der Waals surface area contributed by atoms with Crippen LogP contribution in [0.15, 0.2) is 29.2 Å².